The van der Waals surface area contributed by atoms with Crippen LogP contribution in [-0.4, -0.2) is 27.4 Å². The van der Waals surface area contributed by atoms with E-state index in [4.69, 9.17) is 0 Å². The summed E-state index contributed by atoms with van der Waals surface area (Å²) >= 11 is 0. The molecule has 1 atom stereocenters. The van der Waals surface area contributed by atoms with Crippen molar-refractivity contribution in [3.05, 3.63) is 11.4 Å². The van der Waals surface area contributed by atoms with Crippen LogP contribution in [0.2, 0.25) is 0 Å². The van der Waals surface area contributed by atoms with E-state index in [0.717, 1.165) is 43.5 Å². The Morgan fingerprint density at radius 1 is 1.05 bits per heavy atom. The number of aromatic amines is 1. The highest BCUT2D eigenvalue weighted by Crippen LogP contribution is 2.23. The first-order valence-corrected chi connectivity index (χ1v) is 7.52. The molecule has 1 unspecified atom stereocenters. The van der Waals surface area contributed by atoms with Crippen molar-refractivity contribution >= 4 is 5.91 Å². The fourth-order valence-electron chi connectivity index (χ4n) is 3.25. The molecule has 1 aromatic rings. The number of rotatable bonds is 2. The molecular formula is C14H22N4O. The molecule has 2 aliphatic carbocycles. The molecule has 0 bridgehead atoms. The Bertz CT molecular complexity index is 434. The standard InChI is InChI=1S/C14H22N4O/c19-14(15-11-5-3-1-2-4-6-11)10-7-8-12-13(9-10)17-18-16-12/h10-11H,1-9H2,(H,15,19)(H,16,17,18). The Kier molecular flexibility index (Phi) is 3.80. The van der Waals surface area contributed by atoms with Crippen LogP contribution in [-0.2, 0) is 17.6 Å². The van der Waals surface area contributed by atoms with Gasteiger partial charge in [-0.1, -0.05) is 25.7 Å². The Labute approximate surface area is 113 Å². The van der Waals surface area contributed by atoms with E-state index in [0.29, 0.717) is 6.04 Å². The number of nitrogens with zero attached hydrogens (tertiary/aromatic N) is 2. The van der Waals surface area contributed by atoms with Crippen molar-refractivity contribution in [2.45, 2.75) is 63.8 Å². The second-order valence-electron chi connectivity index (χ2n) is 5.85. The highest BCUT2D eigenvalue weighted by molar-refractivity contribution is 5.79. The molecule has 5 nitrogen and oxygen atoms in total. The molecule has 1 amide bonds. The van der Waals surface area contributed by atoms with Crippen LogP contribution in [0.4, 0.5) is 0 Å². The van der Waals surface area contributed by atoms with Gasteiger partial charge in [-0.05, 0) is 25.7 Å². The minimum absolute atomic E-state index is 0.0841. The zero-order chi connectivity index (χ0) is 13.1. The van der Waals surface area contributed by atoms with Gasteiger partial charge in [-0.3, -0.25) is 4.79 Å². The maximum Gasteiger partial charge on any atom is 0.223 e. The zero-order valence-corrected chi connectivity index (χ0v) is 11.3. The van der Waals surface area contributed by atoms with Crippen molar-refractivity contribution in [1.29, 1.82) is 0 Å². The summed E-state index contributed by atoms with van der Waals surface area (Å²) in [6.45, 7) is 0. The van der Waals surface area contributed by atoms with E-state index in [1.54, 1.807) is 0 Å². The summed E-state index contributed by atoms with van der Waals surface area (Å²) in [5.41, 5.74) is 2.02. The topological polar surface area (TPSA) is 70.7 Å². The van der Waals surface area contributed by atoms with Gasteiger partial charge >= 0.3 is 0 Å². The fraction of sp³-hybridized carbons (Fsp3) is 0.786. The number of carbonyl (C=O) groups is 1. The molecule has 0 aromatic carbocycles. The molecule has 104 valence electrons. The lowest BCUT2D eigenvalue weighted by atomic mass is 9.89. The average molecular weight is 262 g/mol. The number of aryl methyl sites for hydroxylation is 1. The van der Waals surface area contributed by atoms with Gasteiger partial charge in [0.25, 0.3) is 0 Å². The summed E-state index contributed by atoms with van der Waals surface area (Å²) in [5.74, 6) is 0.307. The second-order valence-corrected chi connectivity index (χ2v) is 5.85. The predicted molar refractivity (Wildman–Crippen MR) is 71.5 cm³/mol. The molecule has 5 heteroatoms. The maximum atomic E-state index is 12.3. The van der Waals surface area contributed by atoms with Crippen molar-refractivity contribution in [3.63, 3.8) is 0 Å². The van der Waals surface area contributed by atoms with E-state index < -0.39 is 0 Å². The van der Waals surface area contributed by atoms with Crippen molar-refractivity contribution in [3.8, 4) is 0 Å². The minimum Gasteiger partial charge on any atom is -0.353 e. The SMILES string of the molecule is O=C(NC1CCCCCC1)C1CCc2n[nH]nc2C1. The van der Waals surface area contributed by atoms with Crippen LogP contribution in [0.5, 0.6) is 0 Å². The Hall–Kier alpha value is -1.39. The smallest absolute Gasteiger partial charge is 0.223 e. The van der Waals surface area contributed by atoms with Crippen molar-refractivity contribution in [1.82, 2.24) is 20.7 Å². The van der Waals surface area contributed by atoms with Gasteiger partial charge in [-0.25, -0.2) is 0 Å². The first kappa shape index (κ1) is 12.6. The van der Waals surface area contributed by atoms with Gasteiger partial charge in [-0.2, -0.15) is 15.4 Å². The fourth-order valence-corrected chi connectivity index (χ4v) is 3.25. The van der Waals surface area contributed by atoms with Gasteiger partial charge < -0.3 is 5.32 Å². The third kappa shape index (κ3) is 2.96. The zero-order valence-electron chi connectivity index (χ0n) is 11.3. The largest absolute Gasteiger partial charge is 0.353 e. The Morgan fingerprint density at radius 2 is 1.79 bits per heavy atom. The van der Waals surface area contributed by atoms with Crippen LogP contribution in [0.1, 0.15) is 56.3 Å². The summed E-state index contributed by atoms with van der Waals surface area (Å²) in [5, 5.41) is 14.2. The minimum atomic E-state index is 0.0841. The Balaban J connectivity index is 1.56. The molecule has 2 N–H and O–H groups in total. The molecule has 1 aromatic heterocycles. The number of nitrogens with one attached hydrogen (secondary N) is 2. The molecule has 0 aliphatic heterocycles. The molecule has 2 aliphatic rings. The molecule has 0 saturated heterocycles. The molecular weight excluding hydrogens is 240 g/mol. The number of hydrogen-bond donors (Lipinski definition) is 2. The van der Waals surface area contributed by atoms with Crippen LogP contribution >= 0.6 is 0 Å². The van der Waals surface area contributed by atoms with Crippen LogP contribution in [0, 0.1) is 5.92 Å². The molecule has 0 spiro atoms. The van der Waals surface area contributed by atoms with E-state index >= 15 is 0 Å². The molecule has 1 saturated carbocycles. The monoisotopic (exact) mass is 262 g/mol. The van der Waals surface area contributed by atoms with Crippen molar-refractivity contribution < 1.29 is 4.79 Å². The van der Waals surface area contributed by atoms with E-state index in [1.807, 2.05) is 0 Å². The molecule has 1 fully saturated rings. The summed E-state index contributed by atoms with van der Waals surface area (Å²) in [6.07, 6.45) is 9.95. The van der Waals surface area contributed by atoms with Gasteiger partial charge in [0.2, 0.25) is 5.91 Å². The van der Waals surface area contributed by atoms with Crippen molar-refractivity contribution in [2.24, 2.45) is 5.92 Å². The maximum absolute atomic E-state index is 12.3. The average Bonchev–Trinajstić information content (AvgIpc) is 2.75. The van der Waals surface area contributed by atoms with Gasteiger partial charge in [0.15, 0.2) is 0 Å². The van der Waals surface area contributed by atoms with Crippen LogP contribution < -0.4 is 5.32 Å². The summed E-state index contributed by atoms with van der Waals surface area (Å²) < 4.78 is 0. The molecule has 3 rings (SSSR count). The summed E-state index contributed by atoms with van der Waals surface area (Å²) in [7, 11) is 0. The van der Waals surface area contributed by atoms with Crippen LogP contribution in [0.3, 0.4) is 0 Å². The quantitative estimate of drug-likeness (QED) is 0.798. The summed E-state index contributed by atoms with van der Waals surface area (Å²) in [6, 6.07) is 0.397. The van der Waals surface area contributed by atoms with Gasteiger partial charge in [0.05, 0.1) is 11.4 Å². The number of amides is 1. The van der Waals surface area contributed by atoms with Crippen LogP contribution in [0.15, 0.2) is 0 Å². The lowest BCUT2D eigenvalue weighted by molar-refractivity contribution is -0.126. The van der Waals surface area contributed by atoms with E-state index in [1.165, 1.54) is 25.7 Å². The normalized spacial score (nSPS) is 24.5. The molecule has 0 radical (unpaired) electrons. The van der Waals surface area contributed by atoms with E-state index in [-0.39, 0.29) is 11.8 Å². The second kappa shape index (κ2) is 5.72. The van der Waals surface area contributed by atoms with E-state index in [9.17, 15) is 4.79 Å². The summed E-state index contributed by atoms with van der Waals surface area (Å²) in [4.78, 5) is 12.3. The van der Waals surface area contributed by atoms with Crippen molar-refractivity contribution in [2.75, 3.05) is 0 Å². The highest BCUT2D eigenvalue weighted by atomic mass is 16.1. The third-order valence-electron chi connectivity index (χ3n) is 4.44. The number of hydrogen-bond acceptors (Lipinski definition) is 3. The Morgan fingerprint density at radius 3 is 2.58 bits per heavy atom. The number of carbonyl (C=O) groups excluding carboxylic acids is 1. The van der Waals surface area contributed by atoms with Gasteiger partial charge in [0, 0.05) is 18.4 Å². The molecule has 1 heterocycles. The van der Waals surface area contributed by atoms with E-state index in [2.05, 4.69) is 20.7 Å². The van der Waals surface area contributed by atoms with Gasteiger partial charge in [0.1, 0.15) is 0 Å². The lowest BCUT2D eigenvalue weighted by Gasteiger charge is -2.23. The lowest BCUT2D eigenvalue weighted by Crippen LogP contribution is -2.40. The first-order chi connectivity index (χ1) is 9.33. The van der Waals surface area contributed by atoms with Crippen LogP contribution in [0.25, 0.3) is 0 Å². The first-order valence-electron chi connectivity index (χ1n) is 7.52. The number of aromatic nitrogens is 3. The van der Waals surface area contributed by atoms with Gasteiger partial charge in [-0.15, -0.1) is 0 Å². The highest BCUT2D eigenvalue weighted by Gasteiger charge is 2.28. The molecule has 19 heavy (non-hydrogen) atoms. The predicted octanol–water partition coefficient (Wildman–Crippen LogP) is 1.75. The number of fused-ring (bicyclic) bond motifs is 1. The number of H-pyrrole nitrogens is 1. The third-order valence-corrected chi connectivity index (χ3v) is 4.44.